The molecule has 0 saturated carbocycles. The number of aliphatic hydroxyl groups excluding tert-OH is 1. The maximum Gasteiger partial charge on any atom is 0.224 e. The fourth-order valence-corrected chi connectivity index (χ4v) is 6.02. The Hall–Kier alpha value is -4.29. The molecule has 0 aliphatic carbocycles. The van der Waals surface area contributed by atoms with E-state index in [1.165, 1.54) is 0 Å². The number of benzene rings is 3. The van der Waals surface area contributed by atoms with E-state index in [1.54, 1.807) is 42.4 Å². The van der Waals surface area contributed by atoms with E-state index >= 15 is 0 Å². The Kier molecular flexibility index (Phi) is 12.7. The minimum atomic E-state index is -0.565. The lowest BCUT2D eigenvalue weighted by Gasteiger charge is -2.36. The van der Waals surface area contributed by atoms with Crippen LogP contribution in [0.15, 0.2) is 96.4 Å². The van der Waals surface area contributed by atoms with Gasteiger partial charge in [0.05, 0.1) is 30.2 Å². The zero-order valence-corrected chi connectivity index (χ0v) is 27.0. The minimum Gasteiger partial charge on any atom is -0.397 e. The van der Waals surface area contributed by atoms with Gasteiger partial charge in [-0.05, 0) is 47.7 Å². The Bertz CT molecular complexity index is 1570. The molecule has 1 aromatic heterocycles. The van der Waals surface area contributed by atoms with Gasteiger partial charge in [-0.15, -0.1) is 0 Å². The zero-order chi connectivity index (χ0) is 32.8. The van der Waals surface area contributed by atoms with Gasteiger partial charge in [0.2, 0.25) is 11.8 Å². The predicted octanol–water partition coefficient (Wildman–Crippen LogP) is 6.09. The third kappa shape index (κ3) is 10.6. The number of nitrogens with zero attached hydrogens (tertiary/aromatic N) is 2. The lowest BCUT2D eigenvalue weighted by Crippen LogP contribution is -2.31. The van der Waals surface area contributed by atoms with Gasteiger partial charge >= 0.3 is 0 Å². The van der Waals surface area contributed by atoms with Crippen molar-refractivity contribution in [2.24, 2.45) is 0 Å². The number of anilines is 2. The first kappa shape index (κ1) is 34.1. The maximum absolute atomic E-state index is 12.4. The highest BCUT2D eigenvalue weighted by Crippen LogP contribution is 2.39. The SMILES string of the molecule is Nc1ccccc1NC(=O)CCCCCC(=O)NCc1ccc([C@H]2O[C@@H](CSc3ncccn3)C[C@@H](c3ccc(CO)cc3)O2)cc1. The van der Waals surface area contributed by atoms with Gasteiger partial charge in [-0.3, -0.25) is 9.59 Å². The Balaban J connectivity index is 1.08. The molecular weight excluding hydrogens is 614 g/mol. The molecule has 0 radical (unpaired) electrons. The van der Waals surface area contributed by atoms with Crippen molar-refractivity contribution in [3.05, 3.63) is 114 Å². The summed E-state index contributed by atoms with van der Waals surface area (Å²) in [7, 11) is 0. The first-order valence-corrected chi connectivity index (χ1v) is 16.9. The summed E-state index contributed by atoms with van der Waals surface area (Å²) < 4.78 is 12.8. The molecular formula is C36H41N5O5S. The van der Waals surface area contributed by atoms with Crippen LogP contribution in [-0.2, 0) is 32.2 Å². The zero-order valence-electron chi connectivity index (χ0n) is 26.2. The molecule has 0 unspecified atom stereocenters. The number of carbonyl (C=O) groups is 2. The largest absolute Gasteiger partial charge is 0.397 e. The molecule has 0 spiro atoms. The van der Waals surface area contributed by atoms with Crippen LogP contribution in [0, 0.1) is 0 Å². The molecule has 3 aromatic carbocycles. The quantitative estimate of drug-likeness (QED) is 0.0516. The number of thioether (sulfide) groups is 1. The summed E-state index contributed by atoms with van der Waals surface area (Å²) in [5, 5.41) is 16.0. The lowest BCUT2D eigenvalue weighted by atomic mass is 10.0. The molecule has 47 heavy (non-hydrogen) atoms. The van der Waals surface area contributed by atoms with Gasteiger partial charge in [-0.25, -0.2) is 9.97 Å². The number of hydrogen-bond donors (Lipinski definition) is 4. The van der Waals surface area contributed by atoms with E-state index in [-0.39, 0.29) is 30.6 Å². The van der Waals surface area contributed by atoms with Gasteiger partial charge in [-0.2, -0.15) is 0 Å². The number of nitrogen functional groups attached to an aromatic ring is 1. The summed E-state index contributed by atoms with van der Waals surface area (Å²) >= 11 is 1.55. The summed E-state index contributed by atoms with van der Waals surface area (Å²) in [6.07, 6.45) is 6.27. The number of carbonyl (C=O) groups excluding carboxylic acids is 2. The molecule has 1 fully saturated rings. The molecule has 1 saturated heterocycles. The standard InChI is InChI=1S/C36H41N5O5S/c37-30-7-4-5-8-31(30)41-34(44)10-3-1-2-9-33(43)40-22-25-11-17-28(18-12-25)35-45-29(24-47-36-38-19-6-20-39-36)21-32(46-35)27-15-13-26(23-42)14-16-27/h4-8,11-20,29,32,35,42H,1-3,9-10,21-24,37H2,(H,40,43)(H,41,44)/t29-,32+,35+/m1/s1. The second-order valence-electron chi connectivity index (χ2n) is 11.4. The van der Waals surface area contributed by atoms with Crippen LogP contribution in [0.5, 0.6) is 0 Å². The van der Waals surface area contributed by atoms with Crippen LogP contribution in [0.25, 0.3) is 0 Å². The van der Waals surface area contributed by atoms with Crippen molar-refractivity contribution in [3.8, 4) is 0 Å². The Morgan fingerprint density at radius 2 is 1.51 bits per heavy atom. The summed E-state index contributed by atoms with van der Waals surface area (Å²) in [5.74, 6) is 0.574. The molecule has 5 N–H and O–H groups in total. The topological polar surface area (TPSA) is 149 Å². The fraction of sp³-hybridized carbons (Fsp3) is 0.333. The summed E-state index contributed by atoms with van der Waals surface area (Å²) in [4.78, 5) is 33.3. The van der Waals surface area contributed by atoms with Crippen LogP contribution in [0.1, 0.15) is 73.2 Å². The number of nitrogens with two attached hydrogens (primary N) is 1. The van der Waals surface area contributed by atoms with Crippen LogP contribution in [0.2, 0.25) is 0 Å². The van der Waals surface area contributed by atoms with Crippen molar-refractivity contribution >= 4 is 35.0 Å². The third-order valence-corrected chi connectivity index (χ3v) is 8.85. The first-order chi connectivity index (χ1) is 23.0. The highest BCUT2D eigenvalue weighted by Gasteiger charge is 2.32. The second kappa shape index (κ2) is 17.6. The van der Waals surface area contributed by atoms with Gasteiger partial charge in [0.15, 0.2) is 11.4 Å². The Morgan fingerprint density at radius 3 is 2.23 bits per heavy atom. The van der Waals surface area contributed by atoms with Crippen molar-refractivity contribution in [1.82, 2.24) is 15.3 Å². The Labute approximate surface area is 279 Å². The average molecular weight is 656 g/mol. The molecule has 2 amide bonds. The van der Waals surface area contributed by atoms with Crippen LogP contribution < -0.4 is 16.4 Å². The smallest absolute Gasteiger partial charge is 0.224 e. The third-order valence-electron chi connectivity index (χ3n) is 7.84. The van der Waals surface area contributed by atoms with E-state index in [0.29, 0.717) is 60.9 Å². The summed E-state index contributed by atoms with van der Waals surface area (Å²) in [5.41, 5.74) is 10.8. The molecule has 246 valence electrons. The number of hydrogen-bond acceptors (Lipinski definition) is 9. The first-order valence-electron chi connectivity index (χ1n) is 15.9. The van der Waals surface area contributed by atoms with Crippen LogP contribution in [0.4, 0.5) is 11.4 Å². The number of nitrogens with one attached hydrogen (secondary N) is 2. The van der Waals surface area contributed by atoms with Crippen molar-refractivity contribution < 1.29 is 24.2 Å². The van der Waals surface area contributed by atoms with E-state index < -0.39 is 6.29 Å². The molecule has 3 atom stereocenters. The van der Waals surface area contributed by atoms with Crippen molar-refractivity contribution in [3.63, 3.8) is 0 Å². The van der Waals surface area contributed by atoms with Gasteiger partial charge < -0.3 is 30.9 Å². The van der Waals surface area contributed by atoms with E-state index in [2.05, 4.69) is 20.6 Å². The molecule has 10 nitrogen and oxygen atoms in total. The predicted molar refractivity (Wildman–Crippen MR) is 182 cm³/mol. The number of rotatable bonds is 15. The van der Waals surface area contributed by atoms with E-state index in [9.17, 15) is 14.7 Å². The van der Waals surface area contributed by atoms with Crippen LogP contribution >= 0.6 is 11.8 Å². The van der Waals surface area contributed by atoms with Crippen molar-refractivity contribution in [2.75, 3.05) is 16.8 Å². The van der Waals surface area contributed by atoms with Gasteiger partial charge in [0.25, 0.3) is 0 Å². The number of aliphatic hydroxyl groups is 1. The van der Waals surface area contributed by atoms with E-state index in [0.717, 1.165) is 28.7 Å². The van der Waals surface area contributed by atoms with Crippen molar-refractivity contribution in [2.45, 2.75) is 75.3 Å². The summed E-state index contributed by atoms with van der Waals surface area (Å²) in [6, 6.07) is 24.7. The molecule has 11 heteroatoms. The fourth-order valence-electron chi connectivity index (χ4n) is 5.20. The van der Waals surface area contributed by atoms with Crippen molar-refractivity contribution in [1.29, 1.82) is 0 Å². The molecule has 5 rings (SSSR count). The average Bonchev–Trinajstić information content (AvgIpc) is 3.11. The monoisotopic (exact) mass is 655 g/mol. The minimum absolute atomic E-state index is 0.00705. The number of unbranched alkanes of at least 4 members (excludes halogenated alkanes) is 2. The van der Waals surface area contributed by atoms with Crippen LogP contribution in [-0.4, -0.2) is 38.7 Å². The van der Waals surface area contributed by atoms with E-state index in [4.69, 9.17) is 15.2 Å². The number of aromatic nitrogens is 2. The number of amides is 2. The number of para-hydroxylation sites is 2. The van der Waals surface area contributed by atoms with Gasteiger partial charge in [-0.1, -0.05) is 78.8 Å². The highest BCUT2D eigenvalue weighted by molar-refractivity contribution is 7.99. The normalized spacial score (nSPS) is 17.6. The molecule has 1 aliphatic heterocycles. The maximum atomic E-state index is 12.4. The lowest BCUT2D eigenvalue weighted by molar-refractivity contribution is -0.245. The van der Waals surface area contributed by atoms with Gasteiger partial charge in [0, 0.05) is 49.5 Å². The van der Waals surface area contributed by atoms with Gasteiger partial charge in [0.1, 0.15) is 0 Å². The molecule has 4 aromatic rings. The molecule has 2 heterocycles. The molecule has 1 aliphatic rings. The number of ether oxygens (including phenoxy) is 2. The van der Waals surface area contributed by atoms with E-state index in [1.807, 2.05) is 60.7 Å². The summed E-state index contributed by atoms with van der Waals surface area (Å²) in [6.45, 7) is 0.412. The molecule has 0 bridgehead atoms. The second-order valence-corrected chi connectivity index (χ2v) is 12.4. The highest BCUT2D eigenvalue weighted by atomic mass is 32.2. The van der Waals surface area contributed by atoms with Crippen LogP contribution in [0.3, 0.4) is 0 Å². The Morgan fingerprint density at radius 1 is 0.830 bits per heavy atom.